The Bertz CT molecular complexity index is 897. The molecule has 8 nitrogen and oxygen atoms in total. The summed E-state index contributed by atoms with van der Waals surface area (Å²) in [6.45, 7) is 1.55. The first-order valence-corrected chi connectivity index (χ1v) is 7.24. The summed E-state index contributed by atoms with van der Waals surface area (Å²) in [4.78, 5) is 18.4. The largest absolute Gasteiger partial charge is 0.476 e. The fourth-order valence-electron chi connectivity index (χ4n) is 1.97. The van der Waals surface area contributed by atoms with Gasteiger partial charge in [0.15, 0.2) is 6.61 Å². The lowest BCUT2D eigenvalue weighted by molar-refractivity contribution is -0.390. The number of rotatable bonds is 5. The third kappa shape index (κ3) is 3.49. The molecule has 0 saturated carbocycles. The van der Waals surface area contributed by atoms with Gasteiger partial charge in [0.25, 0.3) is 5.89 Å². The van der Waals surface area contributed by atoms with Crippen LogP contribution in [0.25, 0.3) is 11.4 Å². The molecule has 0 saturated heterocycles. The predicted molar refractivity (Wildman–Crippen MR) is 84.7 cm³/mol. The zero-order valence-corrected chi connectivity index (χ0v) is 13.2. The Morgan fingerprint density at radius 3 is 2.88 bits per heavy atom. The maximum atomic E-state index is 11.0. The van der Waals surface area contributed by atoms with Crippen LogP contribution in [-0.4, -0.2) is 20.0 Å². The Hall–Kier alpha value is -3.00. The molecule has 2 aromatic heterocycles. The van der Waals surface area contributed by atoms with Crippen molar-refractivity contribution in [1.82, 2.24) is 15.1 Å². The molecule has 0 aliphatic carbocycles. The van der Waals surface area contributed by atoms with Crippen LogP contribution in [-0.2, 0) is 6.61 Å². The smallest absolute Gasteiger partial charge is 0.406 e. The van der Waals surface area contributed by atoms with Gasteiger partial charge >= 0.3 is 5.82 Å². The van der Waals surface area contributed by atoms with Crippen LogP contribution in [0.5, 0.6) is 5.75 Å². The molecule has 0 N–H and O–H groups in total. The molecule has 0 aliphatic rings. The van der Waals surface area contributed by atoms with Crippen molar-refractivity contribution in [2.24, 2.45) is 0 Å². The number of ether oxygens (including phenoxy) is 1. The van der Waals surface area contributed by atoms with Crippen molar-refractivity contribution < 1.29 is 14.2 Å². The van der Waals surface area contributed by atoms with E-state index in [9.17, 15) is 10.1 Å². The van der Waals surface area contributed by atoms with Gasteiger partial charge in [-0.15, -0.1) is 0 Å². The van der Waals surface area contributed by atoms with Crippen LogP contribution in [0.1, 0.15) is 11.6 Å². The van der Waals surface area contributed by atoms with E-state index in [-0.39, 0.29) is 24.1 Å². The number of pyridine rings is 1. The first-order chi connectivity index (χ1) is 11.5. The summed E-state index contributed by atoms with van der Waals surface area (Å²) in [6.07, 6.45) is 0. The topological polar surface area (TPSA) is 104 Å². The van der Waals surface area contributed by atoms with E-state index in [0.29, 0.717) is 22.1 Å². The minimum atomic E-state index is -0.604. The van der Waals surface area contributed by atoms with Gasteiger partial charge in [-0.2, -0.15) is 4.98 Å². The van der Waals surface area contributed by atoms with Crippen LogP contribution in [0.4, 0.5) is 5.82 Å². The molecule has 0 unspecified atom stereocenters. The van der Waals surface area contributed by atoms with Crippen molar-refractivity contribution in [2.45, 2.75) is 13.5 Å². The normalized spacial score (nSPS) is 10.6. The lowest BCUT2D eigenvalue weighted by Crippen LogP contribution is -2.02. The molecule has 3 rings (SSSR count). The summed E-state index contributed by atoms with van der Waals surface area (Å²) in [5.74, 6) is 0.213. The molecule has 0 atom stereocenters. The van der Waals surface area contributed by atoms with Crippen molar-refractivity contribution in [3.63, 3.8) is 0 Å². The highest BCUT2D eigenvalue weighted by molar-refractivity contribution is 6.30. The first kappa shape index (κ1) is 15.9. The maximum Gasteiger partial charge on any atom is 0.406 e. The lowest BCUT2D eigenvalue weighted by Gasteiger charge is -2.03. The minimum Gasteiger partial charge on any atom is -0.476 e. The lowest BCUT2D eigenvalue weighted by atomic mass is 10.2. The second kappa shape index (κ2) is 6.63. The first-order valence-electron chi connectivity index (χ1n) is 6.86. The van der Waals surface area contributed by atoms with Gasteiger partial charge in [-0.25, -0.2) is 0 Å². The highest BCUT2D eigenvalue weighted by Crippen LogP contribution is 2.25. The van der Waals surface area contributed by atoms with Crippen molar-refractivity contribution in [1.29, 1.82) is 0 Å². The van der Waals surface area contributed by atoms with Crippen LogP contribution >= 0.6 is 11.6 Å². The van der Waals surface area contributed by atoms with E-state index in [1.165, 1.54) is 6.07 Å². The van der Waals surface area contributed by atoms with Gasteiger partial charge < -0.3 is 19.4 Å². The zero-order chi connectivity index (χ0) is 17.1. The summed E-state index contributed by atoms with van der Waals surface area (Å²) in [7, 11) is 0. The highest BCUT2D eigenvalue weighted by Gasteiger charge is 2.19. The van der Waals surface area contributed by atoms with Crippen LogP contribution in [0.2, 0.25) is 5.02 Å². The Labute approximate surface area is 141 Å². The molecule has 122 valence electrons. The van der Waals surface area contributed by atoms with Gasteiger partial charge in [0.2, 0.25) is 11.6 Å². The van der Waals surface area contributed by atoms with Gasteiger partial charge in [0, 0.05) is 17.5 Å². The molecule has 9 heteroatoms. The van der Waals surface area contributed by atoms with E-state index in [0.717, 1.165) is 0 Å². The number of aryl methyl sites for hydroxylation is 1. The molecule has 0 bridgehead atoms. The Morgan fingerprint density at radius 2 is 2.12 bits per heavy atom. The number of nitro groups is 1. The van der Waals surface area contributed by atoms with Crippen LogP contribution < -0.4 is 4.74 Å². The van der Waals surface area contributed by atoms with Crippen molar-refractivity contribution in [3.8, 4) is 17.1 Å². The second-order valence-electron chi connectivity index (χ2n) is 4.84. The zero-order valence-electron chi connectivity index (χ0n) is 12.5. The molecule has 0 aliphatic heterocycles. The van der Waals surface area contributed by atoms with Crippen LogP contribution in [0.3, 0.4) is 0 Å². The van der Waals surface area contributed by atoms with Crippen molar-refractivity contribution >= 4 is 17.4 Å². The number of hydrogen-bond acceptors (Lipinski definition) is 7. The van der Waals surface area contributed by atoms with E-state index in [1.54, 1.807) is 37.3 Å². The summed E-state index contributed by atoms with van der Waals surface area (Å²) in [6, 6.07) is 10.1. The number of hydrogen-bond donors (Lipinski definition) is 0. The van der Waals surface area contributed by atoms with E-state index < -0.39 is 4.92 Å². The van der Waals surface area contributed by atoms with E-state index in [4.69, 9.17) is 20.9 Å². The van der Waals surface area contributed by atoms with E-state index in [2.05, 4.69) is 15.1 Å². The van der Waals surface area contributed by atoms with Crippen LogP contribution in [0.15, 0.2) is 40.9 Å². The molecule has 0 fully saturated rings. The van der Waals surface area contributed by atoms with Crippen molar-refractivity contribution in [3.05, 3.63) is 63.1 Å². The average molecular weight is 347 g/mol. The minimum absolute atomic E-state index is 0.0353. The standard InChI is InChI=1S/C15H11ClN4O4/c1-9-5-6-12(15(17-9)20(21)22)23-8-13-18-14(19-24-13)10-3-2-4-11(16)7-10/h2-7H,8H2,1H3. The predicted octanol–water partition coefficient (Wildman–Crippen LogP) is 3.58. The SMILES string of the molecule is Cc1ccc(OCc2nc(-c3cccc(Cl)c3)no2)c([N+](=O)[O-])n1. The van der Waals surface area contributed by atoms with E-state index >= 15 is 0 Å². The fraction of sp³-hybridized carbons (Fsp3) is 0.133. The fourth-order valence-corrected chi connectivity index (χ4v) is 2.16. The van der Waals surface area contributed by atoms with Gasteiger partial charge in [0.05, 0.1) is 0 Å². The number of halogens is 1. The summed E-state index contributed by atoms with van der Waals surface area (Å²) < 4.78 is 10.5. The second-order valence-corrected chi connectivity index (χ2v) is 5.28. The Morgan fingerprint density at radius 1 is 1.29 bits per heavy atom. The van der Waals surface area contributed by atoms with Gasteiger partial charge in [-0.05, 0) is 34.2 Å². The third-order valence-electron chi connectivity index (χ3n) is 3.05. The molecular formula is C15H11ClN4O4. The molecule has 3 aromatic rings. The van der Waals surface area contributed by atoms with Crippen molar-refractivity contribution in [2.75, 3.05) is 0 Å². The summed E-state index contributed by atoms with van der Waals surface area (Å²) >= 11 is 5.92. The molecule has 0 spiro atoms. The molecule has 24 heavy (non-hydrogen) atoms. The number of nitrogens with zero attached hydrogens (tertiary/aromatic N) is 4. The maximum absolute atomic E-state index is 11.0. The molecule has 0 amide bonds. The summed E-state index contributed by atoms with van der Waals surface area (Å²) in [5.41, 5.74) is 1.22. The molecular weight excluding hydrogens is 336 g/mol. The highest BCUT2D eigenvalue weighted by atomic mass is 35.5. The van der Waals surface area contributed by atoms with Gasteiger partial charge in [-0.3, -0.25) is 0 Å². The average Bonchev–Trinajstić information content (AvgIpc) is 3.02. The summed E-state index contributed by atoms with van der Waals surface area (Å²) in [5, 5.41) is 15.4. The van der Waals surface area contributed by atoms with Crippen LogP contribution in [0, 0.1) is 17.0 Å². The molecule has 1 aromatic carbocycles. The Kier molecular flexibility index (Phi) is 4.39. The Balaban J connectivity index is 1.76. The quantitative estimate of drug-likeness (QED) is 0.513. The number of benzene rings is 1. The van der Waals surface area contributed by atoms with E-state index in [1.807, 2.05) is 0 Å². The molecule has 2 heterocycles. The molecule has 0 radical (unpaired) electrons. The van der Waals surface area contributed by atoms with Gasteiger partial charge in [-0.1, -0.05) is 28.9 Å². The third-order valence-corrected chi connectivity index (χ3v) is 3.29. The monoisotopic (exact) mass is 346 g/mol. The number of aromatic nitrogens is 3. The van der Waals surface area contributed by atoms with Gasteiger partial charge in [0.1, 0.15) is 5.69 Å².